The van der Waals surface area contributed by atoms with Gasteiger partial charge in [-0.15, -0.1) is 0 Å². The zero-order valence-corrected chi connectivity index (χ0v) is 12.8. The van der Waals surface area contributed by atoms with Crippen LogP contribution < -0.4 is 4.90 Å². The quantitative estimate of drug-likeness (QED) is 0.888. The normalized spacial score (nSPS) is 17.3. The van der Waals surface area contributed by atoms with E-state index in [0.717, 1.165) is 13.0 Å². The largest absolute Gasteiger partial charge is 0.508 e. The molecule has 0 spiro atoms. The summed E-state index contributed by atoms with van der Waals surface area (Å²) >= 11 is 0. The lowest BCUT2D eigenvalue weighted by Crippen LogP contribution is -2.31. The molecule has 2 aromatic rings. The van der Waals surface area contributed by atoms with Gasteiger partial charge in [0.05, 0.1) is 6.04 Å². The van der Waals surface area contributed by atoms with Crippen molar-refractivity contribution < 1.29 is 5.11 Å². The maximum atomic E-state index is 9.70. The maximum Gasteiger partial charge on any atom is 0.115 e. The number of hydrogen-bond acceptors (Lipinski definition) is 2. The van der Waals surface area contributed by atoms with E-state index >= 15 is 0 Å². The van der Waals surface area contributed by atoms with Gasteiger partial charge in [-0.25, -0.2) is 0 Å². The van der Waals surface area contributed by atoms with Crippen LogP contribution in [0, 0.1) is 6.92 Å². The first-order valence-electron chi connectivity index (χ1n) is 7.84. The number of phenolic OH excluding ortho intramolecular Hbond substituents is 1. The third-order valence-corrected chi connectivity index (χ3v) is 4.49. The summed E-state index contributed by atoms with van der Waals surface area (Å²) in [5.74, 6) is 0.382. The Morgan fingerprint density at radius 2 is 1.90 bits per heavy atom. The van der Waals surface area contributed by atoms with E-state index < -0.39 is 0 Å². The van der Waals surface area contributed by atoms with Crippen molar-refractivity contribution >= 4 is 5.69 Å². The molecule has 21 heavy (non-hydrogen) atoms. The third-order valence-electron chi connectivity index (χ3n) is 4.49. The molecule has 0 heterocycles. The van der Waals surface area contributed by atoms with E-state index in [4.69, 9.17) is 0 Å². The number of aryl methyl sites for hydroxylation is 2. The molecule has 0 saturated carbocycles. The number of nitrogens with zero attached hydrogens (tertiary/aromatic N) is 1. The molecule has 0 saturated heterocycles. The molecule has 1 aliphatic rings. The molecule has 0 aromatic heterocycles. The molecule has 2 heteroatoms. The van der Waals surface area contributed by atoms with Crippen LogP contribution in [-0.4, -0.2) is 11.7 Å². The average molecular weight is 281 g/mol. The molecule has 0 fully saturated rings. The van der Waals surface area contributed by atoms with Gasteiger partial charge in [0.1, 0.15) is 5.75 Å². The summed E-state index contributed by atoms with van der Waals surface area (Å²) in [7, 11) is 0. The van der Waals surface area contributed by atoms with Gasteiger partial charge < -0.3 is 10.0 Å². The number of rotatable bonds is 3. The monoisotopic (exact) mass is 281 g/mol. The lowest BCUT2D eigenvalue weighted by molar-refractivity contribution is 0.469. The van der Waals surface area contributed by atoms with Gasteiger partial charge in [-0.2, -0.15) is 0 Å². The molecule has 0 bridgehead atoms. The minimum Gasteiger partial charge on any atom is -0.508 e. The van der Waals surface area contributed by atoms with Gasteiger partial charge in [-0.1, -0.05) is 23.8 Å². The van der Waals surface area contributed by atoms with Gasteiger partial charge in [0.25, 0.3) is 0 Å². The Hall–Kier alpha value is -1.96. The van der Waals surface area contributed by atoms with Crippen molar-refractivity contribution in [1.29, 1.82) is 0 Å². The van der Waals surface area contributed by atoms with Gasteiger partial charge in [0, 0.05) is 12.2 Å². The van der Waals surface area contributed by atoms with Crippen molar-refractivity contribution in [3.8, 4) is 5.75 Å². The summed E-state index contributed by atoms with van der Waals surface area (Å²) < 4.78 is 0. The van der Waals surface area contributed by atoms with Crippen LogP contribution in [0.5, 0.6) is 5.75 Å². The van der Waals surface area contributed by atoms with Crippen LogP contribution in [0.25, 0.3) is 0 Å². The second-order valence-corrected chi connectivity index (χ2v) is 5.91. The molecule has 1 aliphatic carbocycles. The predicted octanol–water partition coefficient (Wildman–Crippen LogP) is 4.60. The van der Waals surface area contributed by atoms with Crippen molar-refractivity contribution in [3.05, 3.63) is 59.2 Å². The van der Waals surface area contributed by atoms with Crippen LogP contribution in [0.4, 0.5) is 5.69 Å². The molecule has 2 nitrogen and oxygen atoms in total. The maximum absolute atomic E-state index is 9.70. The second kappa shape index (κ2) is 5.80. The van der Waals surface area contributed by atoms with E-state index in [9.17, 15) is 5.11 Å². The van der Waals surface area contributed by atoms with Gasteiger partial charge in [-0.05, 0) is 68.5 Å². The number of hydrogen-bond donors (Lipinski definition) is 1. The molecule has 1 unspecified atom stereocenters. The summed E-state index contributed by atoms with van der Waals surface area (Å²) in [5, 5.41) is 9.70. The van der Waals surface area contributed by atoms with E-state index in [1.165, 1.54) is 35.2 Å². The molecule has 3 rings (SSSR count). The van der Waals surface area contributed by atoms with Gasteiger partial charge in [0.2, 0.25) is 0 Å². The van der Waals surface area contributed by atoms with E-state index in [1.54, 1.807) is 0 Å². The number of benzene rings is 2. The van der Waals surface area contributed by atoms with Crippen LogP contribution in [0.3, 0.4) is 0 Å². The summed E-state index contributed by atoms with van der Waals surface area (Å²) in [5.41, 5.74) is 5.26. The molecule has 2 aromatic carbocycles. The summed E-state index contributed by atoms with van der Waals surface area (Å²) in [6.45, 7) is 5.33. The number of phenols is 1. The highest BCUT2D eigenvalue weighted by atomic mass is 16.3. The van der Waals surface area contributed by atoms with Crippen molar-refractivity contribution in [2.45, 2.75) is 39.2 Å². The minimum atomic E-state index is 0.382. The topological polar surface area (TPSA) is 23.5 Å². The lowest BCUT2D eigenvalue weighted by atomic mass is 9.86. The highest BCUT2D eigenvalue weighted by Crippen LogP contribution is 2.38. The van der Waals surface area contributed by atoms with Crippen LogP contribution in [0.1, 0.15) is 42.5 Å². The first-order chi connectivity index (χ1) is 10.2. The van der Waals surface area contributed by atoms with E-state index in [0.29, 0.717) is 11.8 Å². The van der Waals surface area contributed by atoms with Crippen molar-refractivity contribution in [2.75, 3.05) is 11.4 Å². The van der Waals surface area contributed by atoms with Crippen LogP contribution >= 0.6 is 0 Å². The Morgan fingerprint density at radius 3 is 2.62 bits per heavy atom. The van der Waals surface area contributed by atoms with Crippen LogP contribution in [0.2, 0.25) is 0 Å². The van der Waals surface area contributed by atoms with E-state index in [2.05, 4.69) is 49.1 Å². The zero-order chi connectivity index (χ0) is 14.8. The first kappa shape index (κ1) is 14.0. The Bertz CT molecular complexity index is 618. The highest BCUT2D eigenvalue weighted by molar-refractivity contribution is 5.52. The van der Waals surface area contributed by atoms with E-state index in [1.807, 2.05) is 12.1 Å². The standard InChI is InChI=1S/C19H23NO/c1-3-20(16-9-7-14(2)8-10-16)19-6-4-5-15-13-17(21)11-12-18(15)19/h7-13,19,21H,3-6H2,1-2H3. The first-order valence-corrected chi connectivity index (χ1v) is 7.84. The fraction of sp³-hybridized carbons (Fsp3) is 0.368. The van der Waals surface area contributed by atoms with Crippen LogP contribution in [0.15, 0.2) is 42.5 Å². The number of anilines is 1. The Labute approximate surface area is 127 Å². The van der Waals surface area contributed by atoms with Crippen molar-refractivity contribution in [2.24, 2.45) is 0 Å². The number of aromatic hydroxyl groups is 1. The minimum absolute atomic E-state index is 0.382. The fourth-order valence-electron chi connectivity index (χ4n) is 3.42. The lowest BCUT2D eigenvalue weighted by Gasteiger charge is -2.37. The Kier molecular flexibility index (Phi) is 3.87. The van der Waals surface area contributed by atoms with Crippen molar-refractivity contribution in [3.63, 3.8) is 0 Å². The van der Waals surface area contributed by atoms with Crippen LogP contribution in [-0.2, 0) is 6.42 Å². The summed E-state index contributed by atoms with van der Waals surface area (Å²) in [4.78, 5) is 2.48. The third kappa shape index (κ3) is 2.76. The second-order valence-electron chi connectivity index (χ2n) is 5.91. The fourth-order valence-corrected chi connectivity index (χ4v) is 3.42. The molecular formula is C19H23NO. The highest BCUT2D eigenvalue weighted by Gasteiger charge is 2.25. The molecule has 1 atom stereocenters. The molecule has 0 aliphatic heterocycles. The summed E-state index contributed by atoms with van der Waals surface area (Å²) in [6, 6.07) is 15.1. The predicted molar refractivity (Wildman–Crippen MR) is 88.0 cm³/mol. The number of fused-ring (bicyclic) bond motifs is 1. The molecular weight excluding hydrogens is 258 g/mol. The summed E-state index contributed by atoms with van der Waals surface area (Å²) in [6.07, 6.45) is 3.44. The molecule has 0 radical (unpaired) electrons. The average Bonchev–Trinajstić information content (AvgIpc) is 2.49. The van der Waals surface area contributed by atoms with Crippen molar-refractivity contribution in [1.82, 2.24) is 0 Å². The molecule has 110 valence electrons. The molecule has 0 amide bonds. The van der Waals surface area contributed by atoms with Gasteiger partial charge in [-0.3, -0.25) is 0 Å². The smallest absolute Gasteiger partial charge is 0.115 e. The Balaban J connectivity index is 1.97. The van der Waals surface area contributed by atoms with E-state index in [-0.39, 0.29) is 0 Å². The zero-order valence-electron chi connectivity index (χ0n) is 12.8. The SMILES string of the molecule is CCN(c1ccc(C)cc1)C1CCCc2cc(O)ccc21. The van der Waals surface area contributed by atoms with Gasteiger partial charge >= 0.3 is 0 Å². The molecule has 1 N–H and O–H groups in total. The van der Waals surface area contributed by atoms with Gasteiger partial charge in [0.15, 0.2) is 0 Å². The Morgan fingerprint density at radius 1 is 1.14 bits per heavy atom.